The number of rotatable bonds is 3. The van der Waals surface area contributed by atoms with Gasteiger partial charge in [-0.05, 0) is 100 Å². The van der Waals surface area contributed by atoms with Crippen molar-refractivity contribution < 1.29 is 0 Å². The molecule has 212 valence electrons. The van der Waals surface area contributed by atoms with Crippen LogP contribution in [0.15, 0.2) is 158 Å². The monoisotopic (exact) mass is 572 g/mol. The van der Waals surface area contributed by atoms with Crippen molar-refractivity contribution >= 4 is 32.3 Å². The van der Waals surface area contributed by atoms with Gasteiger partial charge in [0.05, 0.1) is 0 Å². The van der Waals surface area contributed by atoms with Crippen LogP contribution >= 0.6 is 0 Å². The molecular weight excluding hydrogens is 540 g/mol. The fraction of sp³-hybridized carbons (Fsp3) is 0.0667. The van der Waals surface area contributed by atoms with Crippen LogP contribution in [-0.4, -0.2) is 0 Å². The van der Waals surface area contributed by atoms with E-state index in [1.165, 1.54) is 88.0 Å². The summed E-state index contributed by atoms with van der Waals surface area (Å²) < 4.78 is 0. The average Bonchev–Trinajstić information content (AvgIpc) is 3.33. The Morgan fingerprint density at radius 2 is 0.844 bits per heavy atom. The smallest absolute Gasteiger partial charge is 0.0159 e. The van der Waals surface area contributed by atoms with Gasteiger partial charge in [0, 0.05) is 5.41 Å². The third-order valence-corrected chi connectivity index (χ3v) is 10.0. The molecule has 0 heteroatoms. The van der Waals surface area contributed by atoms with E-state index in [0.717, 1.165) is 0 Å². The van der Waals surface area contributed by atoms with E-state index in [1.807, 2.05) is 0 Å². The minimum Gasteiger partial charge on any atom is -0.0622 e. The SMILES string of the molecule is CC1(C)c2ccc(-c3ccc4c(-c5ccccc5)c5ccccc5c(-c5ccccc5)c4c3)cc2-c2c1ccc1ccccc21. The van der Waals surface area contributed by atoms with Crippen LogP contribution in [0.4, 0.5) is 0 Å². The standard InChI is InChI=1S/C45H32/c1-45(2)40-25-23-33(28-39(40)44-34-18-10-9-13-29(34)22-26-41(44)45)32-21-24-37-38(27-32)43(31-16-7-4-8-17-31)36-20-12-11-19-35(36)42(37)30-14-5-3-6-15-30/h3-28H,1-2H3. The summed E-state index contributed by atoms with van der Waals surface area (Å²) >= 11 is 0. The summed E-state index contributed by atoms with van der Waals surface area (Å²) in [6.45, 7) is 4.73. The molecule has 0 nitrogen and oxygen atoms in total. The van der Waals surface area contributed by atoms with Gasteiger partial charge in [-0.25, -0.2) is 0 Å². The second kappa shape index (κ2) is 9.78. The van der Waals surface area contributed by atoms with Gasteiger partial charge < -0.3 is 0 Å². The highest BCUT2D eigenvalue weighted by Gasteiger charge is 2.36. The molecule has 0 atom stereocenters. The van der Waals surface area contributed by atoms with Crippen molar-refractivity contribution in [3.8, 4) is 44.5 Å². The molecule has 45 heavy (non-hydrogen) atoms. The molecule has 0 N–H and O–H groups in total. The van der Waals surface area contributed by atoms with Crippen LogP contribution in [0.5, 0.6) is 0 Å². The normalized spacial score (nSPS) is 13.3. The highest BCUT2D eigenvalue weighted by atomic mass is 14.4. The van der Waals surface area contributed by atoms with Crippen molar-refractivity contribution in [2.24, 2.45) is 0 Å². The van der Waals surface area contributed by atoms with Crippen LogP contribution in [0.3, 0.4) is 0 Å². The van der Waals surface area contributed by atoms with Gasteiger partial charge in [-0.15, -0.1) is 0 Å². The zero-order chi connectivity index (χ0) is 30.1. The third kappa shape index (κ3) is 3.85. The van der Waals surface area contributed by atoms with E-state index in [-0.39, 0.29) is 5.41 Å². The molecule has 0 radical (unpaired) electrons. The predicted octanol–water partition coefficient (Wildman–Crippen LogP) is 12.5. The molecule has 1 aliphatic rings. The zero-order valence-electron chi connectivity index (χ0n) is 25.5. The second-order valence-corrected chi connectivity index (χ2v) is 12.9. The van der Waals surface area contributed by atoms with Crippen molar-refractivity contribution in [2.45, 2.75) is 19.3 Å². The molecule has 0 bridgehead atoms. The van der Waals surface area contributed by atoms with Gasteiger partial charge in [-0.2, -0.15) is 0 Å². The summed E-state index contributed by atoms with van der Waals surface area (Å²) in [5.41, 5.74) is 13.1. The second-order valence-electron chi connectivity index (χ2n) is 12.9. The maximum atomic E-state index is 2.44. The zero-order valence-corrected chi connectivity index (χ0v) is 25.5. The molecule has 8 aromatic carbocycles. The summed E-state index contributed by atoms with van der Waals surface area (Å²) in [7, 11) is 0. The molecule has 1 aliphatic carbocycles. The Morgan fingerprint density at radius 1 is 0.333 bits per heavy atom. The molecule has 0 spiro atoms. The van der Waals surface area contributed by atoms with Crippen molar-refractivity contribution in [3.05, 3.63) is 169 Å². The maximum Gasteiger partial charge on any atom is 0.0159 e. The lowest BCUT2D eigenvalue weighted by molar-refractivity contribution is 0.661. The van der Waals surface area contributed by atoms with Crippen molar-refractivity contribution in [2.75, 3.05) is 0 Å². The Kier molecular flexibility index (Phi) is 5.64. The van der Waals surface area contributed by atoms with Gasteiger partial charge in [-0.1, -0.05) is 159 Å². The van der Waals surface area contributed by atoms with Gasteiger partial charge in [-0.3, -0.25) is 0 Å². The Bertz CT molecular complexity index is 2430. The number of hydrogen-bond donors (Lipinski definition) is 0. The molecule has 0 aromatic heterocycles. The lowest BCUT2D eigenvalue weighted by Crippen LogP contribution is -2.14. The first-order valence-electron chi connectivity index (χ1n) is 15.9. The third-order valence-electron chi connectivity index (χ3n) is 10.0. The summed E-state index contributed by atoms with van der Waals surface area (Å²) in [5.74, 6) is 0. The predicted molar refractivity (Wildman–Crippen MR) is 193 cm³/mol. The number of benzene rings is 8. The molecule has 0 heterocycles. The van der Waals surface area contributed by atoms with Crippen LogP contribution in [0, 0.1) is 0 Å². The largest absolute Gasteiger partial charge is 0.0622 e. The lowest BCUT2D eigenvalue weighted by Gasteiger charge is -2.22. The summed E-state index contributed by atoms with van der Waals surface area (Å²) in [5, 5.41) is 7.75. The Balaban J connectivity index is 1.34. The minimum atomic E-state index is -0.0411. The van der Waals surface area contributed by atoms with Gasteiger partial charge in [0.15, 0.2) is 0 Å². The lowest BCUT2D eigenvalue weighted by atomic mass is 9.81. The van der Waals surface area contributed by atoms with Crippen molar-refractivity contribution in [3.63, 3.8) is 0 Å². The minimum absolute atomic E-state index is 0.0411. The van der Waals surface area contributed by atoms with E-state index >= 15 is 0 Å². The molecule has 0 unspecified atom stereocenters. The van der Waals surface area contributed by atoms with E-state index in [9.17, 15) is 0 Å². The molecule has 0 amide bonds. The summed E-state index contributed by atoms with van der Waals surface area (Å²) in [6, 6.07) is 58.3. The first-order chi connectivity index (χ1) is 22.1. The number of hydrogen-bond acceptors (Lipinski definition) is 0. The van der Waals surface area contributed by atoms with E-state index in [4.69, 9.17) is 0 Å². The van der Waals surface area contributed by atoms with E-state index < -0.39 is 0 Å². The van der Waals surface area contributed by atoms with Crippen LogP contribution < -0.4 is 0 Å². The first kappa shape index (κ1) is 26.0. The molecule has 0 saturated carbocycles. The first-order valence-corrected chi connectivity index (χ1v) is 15.9. The van der Waals surface area contributed by atoms with Gasteiger partial charge in [0.2, 0.25) is 0 Å². The molecule has 9 rings (SSSR count). The maximum absolute atomic E-state index is 2.44. The summed E-state index contributed by atoms with van der Waals surface area (Å²) in [4.78, 5) is 0. The van der Waals surface area contributed by atoms with Crippen LogP contribution in [-0.2, 0) is 5.41 Å². The fourth-order valence-electron chi connectivity index (χ4n) is 7.89. The Hall–Kier alpha value is -5.46. The van der Waals surface area contributed by atoms with E-state index in [0.29, 0.717) is 0 Å². The number of fused-ring (bicyclic) bond motifs is 7. The topological polar surface area (TPSA) is 0 Å². The van der Waals surface area contributed by atoms with E-state index in [2.05, 4.69) is 172 Å². The van der Waals surface area contributed by atoms with Crippen molar-refractivity contribution in [1.82, 2.24) is 0 Å². The average molecular weight is 573 g/mol. The molecule has 0 fully saturated rings. The fourth-order valence-corrected chi connectivity index (χ4v) is 7.89. The van der Waals surface area contributed by atoms with Crippen LogP contribution in [0.1, 0.15) is 25.0 Å². The summed E-state index contributed by atoms with van der Waals surface area (Å²) in [6.07, 6.45) is 0. The van der Waals surface area contributed by atoms with E-state index in [1.54, 1.807) is 0 Å². The highest BCUT2D eigenvalue weighted by Crippen LogP contribution is 2.52. The quantitative estimate of drug-likeness (QED) is 0.185. The molecule has 0 aliphatic heterocycles. The van der Waals surface area contributed by atoms with Gasteiger partial charge in [0.25, 0.3) is 0 Å². The molecular formula is C45H32. The van der Waals surface area contributed by atoms with Crippen LogP contribution in [0.25, 0.3) is 76.8 Å². The van der Waals surface area contributed by atoms with Gasteiger partial charge >= 0.3 is 0 Å². The molecule has 8 aromatic rings. The Morgan fingerprint density at radius 3 is 1.53 bits per heavy atom. The van der Waals surface area contributed by atoms with Gasteiger partial charge in [0.1, 0.15) is 0 Å². The highest BCUT2D eigenvalue weighted by molar-refractivity contribution is 6.22. The Labute approximate surface area is 264 Å². The van der Waals surface area contributed by atoms with Crippen molar-refractivity contribution in [1.29, 1.82) is 0 Å². The molecule has 0 saturated heterocycles. The van der Waals surface area contributed by atoms with Crippen LogP contribution in [0.2, 0.25) is 0 Å².